The molecule has 1 aromatic heterocycles. The Kier molecular flexibility index (Phi) is 5.64. The summed E-state index contributed by atoms with van der Waals surface area (Å²) >= 11 is 5.59. The third-order valence-corrected chi connectivity index (χ3v) is 2.67. The third kappa shape index (κ3) is 3.61. The first kappa shape index (κ1) is 15.3. The van der Waals surface area contributed by atoms with Crippen LogP contribution in [0.5, 0.6) is 0 Å². The Morgan fingerprint density at radius 2 is 2.32 bits per heavy atom. The van der Waals surface area contributed by atoms with Gasteiger partial charge in [-0.25, -0.2) is 13.8 Å². The number of carbonyl (C=O) groups is 1. The van der Waals surface area contributed by atoms with Gasteiger partial charge in [0, 0.05) is 17.3 Å². The lowest BCUT2D eigenvalue weighted by atomic mass is 10.0. The van der Waals surface area contributed by atoms with E-state index >= 15 is 0 Å². The number of hydrogen-bond acceptors (Lipinski definition) is 4. The van der Waals surface area contributed by atoms with Gasteiger partial charge in [0.1, 0.15) is 11.8 Å². The molecule has 0 aliphatic rings. The average Bonchev–Trinajstić information content (AvgIpc) is 2.37. The number of esters is 1. The van der Waals surface area contributed by atoms with E-state index < -0.39 is 18.0 Å². The average molecular weight is 289 g/mol. The topological polar surface area (TPSA) is 63.0 Å². The highest BCUT2D eigenvalue weighted by Gasteiger charge is 2.23. The molecule has 1 rings (SSSR count). The molecular formula is C12H11ClF2N2O2. The van der Waals surface area contributed by atoms with Gasteiger partial charge < -0.3 is 4.74 Å². The maximum atomic E-state index is 13.1. The number of alkyl halides is 3. The first-order chi connectivity index (χ1) is 9.04. The summed E-state index contributed by atoms with van der Waals surface area (Å²) in [4.78, 5) is 15.1. The molecule has 0 saturated heterocycles. The van der Waals surface area contributed by atoms with Crippen molar-refractivity contribution in [3.63, 3.8) is 0 Å². The Hall–Kier alpha value is -1.74. The molecule has 0 spiro atoms. The van der Waals surface area contributed by atoms with E-state index in [1.807, 2.05) is 0 Å². The molecule has 0 N–H and O–H groups in total. The van der Waals surface area contributed by atoms with Crippen LogP contribution in [-0.2, 0) is 21.8 Å². The van der Waals surface area contributed by atoms with Gasteiger partial charge in [-0.1, -0.05) is 0 Å². The van der Waals surface area contributed by atoms with Gasteiger partial charge in [0.2, 0.25) is 0 Å². The van der Waals surface area contributed by atoms with E-state index in [1.54, 1.807) is 13.0 Å². The zero-order chi connectivity index (χ0) is 14.4. The van der Waals surface area contributed by atoms with Crippen molar-refractivity contribution in [3.05, 3.63) is 28.6 Å². The molecule has 7 heteroatoms. The first-order valence-electron chi connectivity index (χ1n) is 5.45. The number of halogens is 3. The lowest BCUT2D eigenvalue weighted by Crippen LogP contribution is -2.12. The minimum Gasteiger partial charge on any atom is -0.466 e. The van der Waals surface area contributed by atoms with Crippen molar-refractivity contribution in [2.24, 2.45) is 0 Å². The molecule has 0 unspecified atom stereocenters. The van der Waals surface area contributed by atoms with Crippen LogP contribution in [0.25, 0.3) is 0 Å². The molecule has 0 radical (unpaired) electrons. The maximum Gasteiger partial charge on any atom is 0.310 e. The van der Waals surface area contributed by atoms with E-state index in [0.29, 0.717) is 0 Å². The predicted molar refractivity (Wildman–Crippen MR) is 63.8 cm³/mol. The van der Waals surface area contributed by atoms with E-state index in [1.165, 1.54) is 0 Å². The first-order valence-corrected chi connectivity index (χ1v) is 5.99. The fraction of sp³-hybridized carbons (Fsp3) is 0.417. The van der Waals surface area contributed by atoms with E-state index in [4.69, 9.17) is 21.6 Å². The number of ether oxygens (including phenoxy) is 1. The Morgan fingerprint density at radius 1 is 1.63 bits per heavy atom. The number of pyridine rings is 1. The third-order valence-electron chi connectivity index (χ3n) is 2.40. The van der Waals surface area contributed by atoms with Crippen molar-refractivity contribution in [1.29, 1.82) is 5.26 Å². The Balaban J connectivity index is 3.25. The minimum absolute atomic E-state index is 0.0306. The summed E-state index contributed by atoms with van der Waals surface area (Å²) < 4.78 is 30.9. The van der Waals surface area contributed by atoms with Crippen molar-refractivity contribution in [2.75, 3.05) is 6.61 Å². The molecule has 0 saturated carbocycles. The van der Waals surface area contributed by atoms with Crippen LogP contribution in [0.15, 0.2) is 6.20 Å². The molecule has 1 heterocycles. The molecule has 1 aromatic rings. The van der Waals surface area contributed by atoms with Crippen molar-refractivity contribution in [3.8, 4) is 6.07 Å². The summed E-state index contributed by atoms with van der Waals surface area (Å²) in [7, 11) is 0. The minimum atomic E-state index is -2.84. The molecule has 0 atom stereocenters. The van der Waals surface area contributed by atoms with Gasteiger partial charge in [0.05, 0.1) is 18.9 Å². The van der Waals surface area contributed by atoms with Gasteiger partial charge in [0.15, 0.2) is 0 Å². The van der Waals surface area contributed by atoms with E-state index in [0.717, 1.165) is 6.20 Å². The van der Waals surface area contributed by atoms with Crippen molar-refractivity contribution >= 4 is 17.6 Å². The monoisotopic (exact) mass is 288 g/mol. The Labute approximate surface area is 114 Å². The maximum absolute atomic E-state index is 13.1. The van der Waals surface area contributed by atoms with Gasteiger partial charge in [-0.2, -0.15) is 5.26 Å². The summed E-state index contributed by atoms with van der Waals surface area (Å²) in [5.74, 6) is -0.900. The summed E-state index contributed by atoms with van der Waals surface area (Å²) in [6.45, 7) is 1.78. The van der Waals surface area contributed by atoms with Crippen LogP contribution < -0.4 is 0 Å². The van der Waals surface area contributed by atoms with Crippen LogP contribution in [0.4, 0.5) is 8.78 Å². The number of hydrogen-bond donors (Lipinski definition) is 0. The Morgan fingerprint density at radius 3 is 2.79 bits per heavy atom. The van der Waals surface area contributed by atoms with E-state index in [9.17, 15) is 13.6 Å². The standard InChI is InChI=1S/C12H11ClF2N2O2/c1-2-19-10(18)3-7-6-17-9(5-16)8(4-13)11(7)12(14)15/h6,12H,2-4H2,1H3. The predicted octanol–water partition coefficient (Wildman–Crippen LogP) is 2.74. The van der Waals surface area contributed by atoms with Crippen molar-refractivity contribution in [1.82, 2.24) is 4.98 Å². The molecule has 0 aromatic carbocycles. The highest BCUT2D eigenvalue weighted by atomic mass is 35.5. The van der Waals surface area contributed by atoms with Crippen LogP contribution in [0.2, 0.25) is 0 Å². The zero-order valence-electron chi connectivity index (χ0n) is 10.1. The number of nitriles is 1. The summed E-state index contributed by atoms with van der Waals surface area (Å²) in [5, 5.41) is 8.81. The lowest BCUT2D eigenvalue weighted by molar-refractivity contribution is -0.142. The van der Waals surface area contributed by atoms with Gasteiger partial charge in [-0.05, 0) is 12.5 Å². The van der Waals surface area contributed by atoms with Crippen LogP contribution in [0.1, 0.15) is 35.7 Å². The van der Waals surface area contributed by atoms with Gasteiger partial charge in [-0.15, -0.1) is 11.6 Å². The SMILES string of the molecule is CCOC(=O)Cc1cnc(C#N)c(CCl)c1C(F)F. The molecule has 0 aliphatic carbocycles. The molecule has 0 amide bonds. The zero-order valence-corrected chi connectivity index (χ0v) is 10.9. The molecular weight excluding hydrogens is 278 g/mol. The fourth-order valence-corrected chi connectivity index (χ4v) is 1.89. The normalized spacial score (nSPS) is 10.3. The highest BCUT2D eigenvalue weighted by molar-refractivity contribution is 6.17. The second-order valence-electron chi connectivity index (χ2n) is 3.55. The second kappa shape index (κ2) is 7.00. The highest BCUT2D eigenvalue weighted by Crippen LogP contribution is 2.29. The molecule has 0 bridgehead atoms. The molecule has 4 nitrogen and oxygen atoms in total. The van der Waals surface area contributed by atoms with Crippen LogP contribution in [-0.4, -0.2) is 17.6 Å². The van der Waals surface area contributed by atoms with Crippen molar-refractivity contribution in [2.45, 2.75) is 25.7 Å². The van der Waals surface area contributed by atoms with Gasteiger partial charge in [-0.3, -0.25) is 4.79 Å². The number of aromatic nitrogens is 1. The molecule has 0 fully saturated rings. The lowest BCUT2D eigenvalue weighted by Gasteiger charge is -2.13. The van der Waals surface area contributed by atoms with Crippen LogP contribution in [0, 0.1) is 11.3 Å². The largest absolute Gasteiger partial charge is 0.466 e. The number of rotatable bonds is 5. The second-order valence-corrected chi connectivity index (χ2v) is 3.82. The van der Waals surface area contributed by atoms with Gasteiger partial charge >= 0.3 is 5.97 Å². The van der Waals surface area contributed by atoms with E-state index in [2.05, 4.69) is 4.98 Å². The van der Waals surface area contributed by atoms with Crippen molar-refractivity contribution < 1.29 is 18.3 Å². The summed E-state index contributed by atoms with van der Waals surface area (Å²) in [6, 6.07) is 1.70. The fourth-order valence-electron chi connectivity index (χ4n) is 1.62. The molecule has 102 valence electrons. The quantitative estimate of drug-likeness (QED) is 0.617. The van der Waals surface area contributed by atoms with E-state index in [-0.39, 0.29) is 35.7 Å². The van der Waals surface area contributed by atoms with Crippen LogP contribution >= 0.6 is 11.6 Å². The molecule has 0 aliphatic heterocycles. The summed E-state index contributed by atoms with van der Waals surface area (Å²) in [5.41, 5.74) is -0.573. The summed E-state index contributed by atoms with van der Waals surface area (Å²) in [6.07, 6.45) is -2.07. The van der Waals surface area contributed by atoms with Gasteiger partial charge in [0.25, 0.3) is 6.43 Å². The molecule has 19 heavy (non-hydrogen) atoms. The smallest absolute Gasteiger partial charge is 0.310 e. The number of nitrogens with zero attached hydrogens (tertiary/aromatic N) is 2. The van der Waals surface area contributed by atoms with Crippen LogP contribution in [0.3, 0.4) is 0 Å². The Bertz CT molecular complexity index is 515. The number of carbonyl (C=O) groups excluding carboxylic acids is 1.